The Hall–Kier alpha value is -2.82. The Morgan fingerprint density at radius 3 is 2.68 bits per heavy atom. The number of nitrogens with zero attached hydrogens (tertiary/aromatic N) is 2. The molecule has 1 saturated carbocycles. The predicted molar refractivity (Wildman–Crippen MR) is 95.7 cm³/mol. The SMILES string of the molecule is CCc1ccc(-c2ccccc2F)c2ncc(NC(=O)C3CC3)nc12. The average molecular weight is 335 g/mol. The minimum Gasteiger partial charge on any atom is -0.309 e. The van der Waals surface area contributed by atoms with E-state index in [0.29, 0.717) is 28.0 Å². The van der Waals surface area contributed by atoms with Gasteiger partial charge in [0.2, 0.25) is 5.91 Å². The van der Waals surface area contributed by atoms with Crippen LogP contribution in [0.2, 0.25) is 0 Å². The highest BCUT2D eigenvalue weighted by Crippen LogP contribution is 2.32. The lowest BCUT2D eigenvalue weighted by Gasteiger charge is -2.11. The third kappa shape index (κ3) is 2.97. The van der Waals surface area contributed by atoms with Crippen LogP contribution in [0.15, 0.2) is 42.6 Å². The van der Waals surface area contributed by atoms with Crippen molar-refractivity contribution in [1.29, 1.82) is 0 Å². The van der Waals surface area contributed by atoms with Crippen molar-refractivity contribution < 1.29 is 9.18 Å². The molecular weight excluding hydrogens is 317 g/mol. The third-order valence-corrected chi connectivity index (χ3v) is 4.53. The van der Waals surface area contributed by atoms with E-state index in [4.69, 9.17) is 0 Å². The highest BCUT2D eigenvalue weighted by atomic mass is 19.1. The van der Waals surface area contributed by atoms with Gasteiger partial charge in [0.1, 0.15) is 5.82 Å². The van der Waals surface area contributed by atoms with Crippen LogP contribution in [0.4, 0.5) is 10.2 Å². The predicted octanol–water partition coefficient (Wildman–Crippen LogP) is 4.35. The van der Waals surface area contributed by atoms with Crippen molar-refractivity contribution in [1.82, 2.24) is 9.97 Å². The molecule has 0 radical (unpaired) electrons. The summed E-state index contributed by atoms with van der Waals surface area (Å²) in [5, 5.41) is 2.83. The Labute approximate surface area is 145 Å². The Kier molecular flexibility index (Phi) is 3.92. The molecule has 126 valence electrons. The molecule has 0 spiro atoms. The van der Waals surface area contributed by atoms with Gasteiger partial charge in [-0.3, -0.25) is 9.78 Å². The smallest absolute Gasteiger partial charge is 0.228 e. The van der Waals surface area contributed by atoms with E-state index in [1.54, 1.807) is 24.4 Å². The molecule has 0 unspecified atom stereocenters. The first-order chi connectivity index (χ1) is 12.2. The number of hydrogen-bond donors (Lipinski definition) is 1. The first kappa shape index (κ1) is 15.7. The molecule has 4 rings (SSSR count). The number of anilines is 1. The van der Waals surface area contributed by atoms with E-state index in [0.717, 1.165) is 24.8 Å². The van der Waals surface area contributed by atoms with Crippen LogP contribution < -0.4 is 5.32 Å². The zero-order chi connectivity index (χ0) is 17.4. The van der Waals surface area contributed by atoms with E-state index >= 15 is 0 Å². The van der Waals surface area contributed by atoms with Gasteiger partial charge in [-0.25, -0.2) is 9.37 Å². The van der Waals surface area contributed by atoms with E-state index in [9.17, 15) is 9.18 Å². The summed E-state index contributed by atoms with van der Waals surface area (Å²) >= 11 is 0. The topological polar surface area (TPSA) is 54.9 Å². The van der Waals surface area contributed by atoms with Gasteiger partial charge in [0.15, 0.2) is 5.82 Å². The van der Waals surface area contributed by atoms with Crippen molar-refractivity contribution >= 4 is 22.8 Å². The molecule has 25 heavy (non-hydrogen) atoms. The van der Waals surface area contributed by atoms with Crippen molar-refractivity contribution in [3.63, 3.8) is 0 Å². The van der Waals surface area contributed by atoms with Gasteiger partial charge in [-0.2, -0.15) is 0 Å². The van der Waals surface area contributed by atoms with E-state index in [1.807, 2.05) is 19.1 Å². The summed E-state index contributed by atoms with van der Waals surface area (Å²) in [6.45, 7) is 2.04. The summed E-state index contributed by atoms with van der Waals surface area (Å²) in [5.74, 6) is 0.260. The molecule has 1 aromatic heterocycles. The maximum absolute atomic E-state index is 14.2. The van der Waals surface area contributed by atoms with Gasteiger partial charge in [0.25, 0.3) is 0 Å². The summed E-state index contributed by atoms with van der Waals surface area (Å²) < 4.78 is 14.2. The van der Waals surface area contributed by atoms with Gasteiger partial charge in [-0.1, -0.05) is 37.3 Å². The lowest BCUT2D eigenvalue weighted by molar-refractivity contribution is -0.117. The Bertz CT molecular complexity index is 966. The molecule has 5 heteroatoms. The minimum absolute atomic E-state index is 0.00282. The second-order valence-corrected chi connectivity index (χ2v) is 6.32. The number of carbonyl (C=O) groups is 1. The van der Waals surface area contributed by atoms with Crippen molar-refractivity contribution in [2.24, 2.45) is 5.92 Å². The van der Waals surface area contributed by atoms with E-state index < -0.39 is 0 Å². The number of fused-ring (bicyclic) bond motifs is 1. The van der Waals surface area contributed by atoms with Crippen molar-refractivity contribution in [2.75, 3.05) is 5.32 Å². The Morgan fingerprint density at radius 1 is 1.16 bits per heavy atom. The monoisotopic (exact) mass is 335 g/mol. The summed E-state index contributed by atoms with van der Waals surface area (Å²) in [6.07, 6.45) is 4.20. The second kappa shape index (κ2) is 6.24. The van der Waals surface area contributed by atoms with Crippen LogP contribution in [0.3, 0.4) is 0 Å². The molecule has 1 fully saturated rings. The van der Waals surface area contributed by atoms with Gasteiger partial charge >= 0.3 is 0 Å². The number of amides is 1. The van der Waals surface area contributed by atoms with Crippen molar-refractivity contribution in [3.8, 4) is 11.1 Å². The van der Waals surface area contributed by atoms with Crippen LogP contribution in [0.1, 0.15) is 25.3 Å². The van der Waals surface area contributed by atoms with Crippen LogP contribution in [-0.4, -0.2) is 15.9 Å². The molecule has 4 nitrogen and oxygen atoms in total. The second-order valence-electron chi connectivity index (χ2n) is 6.32. The molecular formula is C20H18FN3O. The fourth-order valence-electron chi connectivity index (χ4n) is 2.97. The van der Waals surface area contributed by atoms with E-state index in [-0.39, 0.29) is 17.6 Å². The zero-order valence-corrected chi connectivity index (χ0v) is 13.9. The van der Waals surface area contributed by atoms with E-state index in [2.05, 4.69) is 15.3 Å². The van der Waals surface area contributed by atoms with Crippen LogP contribution in [-0.2, 0) is 11.2 Å². The highest BCUT2D eigenvalue weighted by Gasteiger charge is 2.30. The van der Waals surface area contributed by atoms with Crippen LogP contribution in [0.25, 0.3) is 22.2 Å². The molecule has 1 aliphatic carbocycles. The van der Waals surface area contributed by atoms with Crippen LogP contribution in [0, 0.1) is 11.7 Å². The molecule has 1 N–H and O–H groups in total. The van der Waals surface area contributed by atoms with Crippen molar-refractivity contribution in [2.45, 2.75) is 26.2 Å². The Morgan fingerprint density at radius 2 is 1.96 bits per heavy atom. The standard InChI is InChI=1S/C20H18FN3O/c1-2-12-9-10-15(14-5-3-4-6-16(14)21)19-18(12)23-17(11-22-19)24-20(25)13-7-8-13/h3-6,9-11,13H,2,7-8H2,1H3,(H,23,24,25). The molecule has 1 aliphatic rings. The molecule has 0 bridgehead atoms. The largest absolute Gasteiger partial charge is 0.309 e. The van der Waals surface area contributed by atoms with Crippen LogP contribution in [0.5, 0.6) is 0 Å². The van der Waals surface area contributed by atoms with Gasteiger partial charge < -0.3 is 5.32 Å². The number of aromatic nitrogens is 2. The van der Waals surface area contributed by atoms with Crippen LogP contribution >= 0.6 is 0 Å². The van der Waals surface area contributed by atoms with E-state index in [1.165, 1.54) is 6.07 Å². The molecule has 0 saturated heterocycles. The fourth-order valence-corrected chi connectivity index (χ4v) is 2.97. The quantitative estimate of drug-likeness (QED) is 0.771. The van der Waals surface area contributed by atoms with Gasteiger partial charge in [-0.15, -0.1) is 0 Å². The number of halogens is 1. The first-order valence-electron chi connectivity index (χ1n) is 8.51. The summed E-state index contributed by atoms with van der Waals surface area (Å²) in [6, 6.07) is 10.5. The minimum atomic E-state index is -0.291. The first-order valence-corrected chi connectivity index (χ1v) is 8.51. The number of rotatable bonds is 4. The molecule has 3 aromatic rings. The molecule has 2 aromatic carbocycles. The third-order valence-electron chi connectivity index (χ3n) is 4.53. The molecule has 1 heterocycles. The maximum Gasteiger partial charge on any atom is 0.228 e. The number of aryl methyl sites for hydroxylation is 1. The lowest BCUT2D eigenvalue weighted by atomic mass is 9.99. The van der Waals surface area contributed by atoms with Crippen molar-refractivity contribution in [3.05, 3.63) is 54.0 Å². The summed E-state index contributed by atoms with van der Waals surface area (Å²) in [7, 11) is 0. The van der Waals surface area contributed by atoms with Gasteiger partial charge in [0, 0.05) is 17.0 Å². The average Bonchev–Trinajstić information content (AvgIpc) is 3.46. The van der Waals surface area contributed by atoms with Gasteiger partial charge in [0.05, 0.1) is 17.2 Å². The van der Waals surface area contributed by atoms with Gasteiger partial charge in [-0.05, 0) is 30.9 Å². The summed E-state index contributed by atoms with van der Waals surface area (Å²) in [5.41, 5.74) is 3.58. The molecule has 0 atom stereocenters. The summed E-state index contributed by atoms with van der Waals surface area (Å²) in [4.78, 5) is 21.1. The normalized spacial score (nSPS) is 13.8. The fraction of sp³-hybridized carbons (Fsp3) is 0.250. The lowest BCUT2D eigenvalue weighted by Crippen LogP contribution is -2.14. The molecule has 1 amide bonds. The number of benzene rings is 2. The molecule has 0 aliphatic heterocycles. The highest BCUT2D eigenvalue weighted by molar-refractivity contribution is 5.97. The maximum atomic E-state index is 14.2. The number of hydrogen-bond acceptors (Lipinski definition) is 3. The Balaban J connectivity index is 1.83. The number of carbonyl (C=O) groups excluding carboxylic acids is 1. The zero-order valence-electron chi connectivity index (χ0n) is 13.9. The number of nitrogens with one attached hydrogen (secondary N) is 1.